The highest BCUT2D eigenvalue weighted by molar-refractivity contribution is 5.53. The summed E-state index contributed by atoms with van der Waals surface area (Å²) < 4.78 is 14.5. The lowest BCUT2D eigenvalue weighted by Gasteiger charge is -2.01. The van der Waals surface area contributed by atoms with Crippen molar-refractivity contribution in [1.82, 2.24) is 14.8 Å². The van der Waals surface area contributed by atoms with Crippen LogP contribution in [-0.4, -0.2) is 26.5 Å². The molecule has 0 aliphatic heterocycles. The van der Waals surface area contributed by atoms with E-state index < -0.39 is 12.4 Å². The zero-order valence-electron chi connectivity index (χ0n) is 8.42. The van der Waals surface area contributed by atoms with E-state index in [1.54, 1.807) is 29.4 Å². The van der Waals surface area contributed by atoms with Gasteiger partial charge < -0.3 is 5.11 Å². The van der Waals surface area contributed by atoms with Gasteiger partial charge in [-0.3, -0.25) is 4.57 Å². The number of benzene rings is 1. The third-order valence-corrected chi connectivity index (χ3v) is 2.08. The summed E-state index contributed by atoms with van der Waals surface area (Å²) in [5, 5.41) is 15.9. The molecule has 0 amide bonds. The zero-order valence-corrected chi connectivity index (χ0v) is 8.42. The molecule has 82 valence electrons. The van der Waals surface area contributed by atoms with Gasteiger partial charge in [0.25, 0.3) is 0 Å². The fourth-order valence-corrected chi connectivity index (χ4v) is 1.30. The summed E-state index contributed by atoms with van der Waals surface area (Å²) in [5.74, 6) is -0.558. The first-order chi connectivity index (χ1) is 7.79. The molecule has 0 bridgehead atoms. The normalized spacial score (nSPS) is 11.8. The van der Waals surface area contributed by atoms with Crippen LogP contribution in [0.5, 0.6) is 0 Å². The fourth-order valence-electron chi connectivity index (χ4n) is 1.30. The summed E-state index contributed by atoms with van der Waals surface area (Å²) >= 11 is 0. The molecule has 0 aliphatic carbocycles. The minimum Gasteiger partial charge on any atom is -0.389 e. The predicted octanol–water partition coefficient (Wildman–Crippen LogP) is 1.57. The SMILES string of the molecule is OC/C(F)=C/c1ccc(-n2cnnc2)cc1. The van der Waals surface area contributed by atoms with Gasteiger partial charge in [0.15, 0.2) is 0 Å². The number of hydrogen-bond donors (Lipinski definition) is 1. The number of aromatic nitrogens is 3. The van der Waals surface area contributed by atoms with Crippen LogP contribution in [0.1, 0.15) is 5.56 Å². The summed E-state index contributed by atoms with van der Waals surface area (Å²) in [6, 6.07) is 7.15. The van der Waals surface area contributed by atoms with Gasteiger partial charge in [-0.05, 0) is 23.8 Å². The van der Waals surface area contributed by atoms with Crippen molar-refractivity contribution in [2.45, 2.75) is 0 Å². The van der Waals surface area contributed by atoms with Crippen molar-refractivity contribution in [3.05, 3.63) is 48.3 Å². The van der Waals surface area contributed by atoms with E-state index in [-0.39, 0.29) is 0 Å². The topological polar surface area (TPSA) is 50.9 Å². The Morgan fingerprint density at radius 3 is 2.44 bits per heavy atom. The Labute approximate surface area is 91.7 Å². The lowest BCUT2D eigenvalue weighted by Crippen LogP contribution is -1.89. The van der Waals surface area contributed by atoms with Crippen LogP contribution in [0.4, 0.5) is 4.39 Å². The molecule has 0 radical (unpaired) electrons. The first-order valence-electron chi connectivity index (χ1n) is 4.71. The Bertz CT molecular complexity index is 476. The van der Waals surface area contributed by atoms with Crippen LogP contribution in [0.2, 0.25) is 0 Å². The molecule has 1 aromatic heterocycles. The van der Waals surface area contributed by atoms with Gasteiger partial charge in [-0.15, -0.1) is 10.2 Å². The van der Waals surface area contributed by atoms with E-state index in [0.717, 1.165) is 5.69 Å². The fraction of sp³-hybridized carbons (Fsp3) is 0.0909. The van der Waals surface area contributed by atoms with Gasteiger partial charge in [0, 0.05) is 5.69 Å². The van der Waals surface area contributed by atoms with Crippen molar-refractivity contribution < 1.29 is 9.50 Å². The van der Waals surface area contributed by atoms with Gasteiger partial charge >= 0.3 is 0 Å². The number of nitrogens with zero attached hydrogens (tertiary/aromatic N) is 3. The van der Waals surface area contributed by atoms with Gasteiger partial charge in [0.1, 0.15) is 18.5 Å². The lowest BCUT2D eigenvalue weighted by molar-refractivity contribution is 0.300. The van der Waals surface area contributed by atoms with Crippen molar-refractivity contribution >= 4 is 6.08 Å². The first-order valence-corrected chi connectivity index (χ1v) is 4.71. The van der Waals surface area contributed by atoms with Crippen LogP contribution in [0.25, 0.3) is 11.8 Å². The third kappa shape index (κ3) is 2.32. The van der Waals surface area contributed by atoms with E-state index in [9.17, 15) is 4.39 Å². The summed E-state index contributed by atoms with van der Waals surface area (Å²) in [6.45, 7) is -0.576. The van der Waals surface area contributed by atoms with E-state index in [2.05, 4.69) is 10.2 Å². The Morgan fingerprint density at radius 1 is 1.25 bits per heavy atom. The molecule has 0 saturated carbocycles. The van der Waals surface area contributed by atoms with E-state index in [1.807, 2.05) is 12.1 Å². The third-order valence-electron chi connectivity index (χ3n) is 2.08. The van der Waals surface area contributed by atoms with Crippen LogP contribution < -0.4 is 0 Å². The minimum atomic E-state index is -0.576. The highest BCUT2D eigenvalue weighted by atomic mass is 19.1. The first kappa shape index (κ1) is 10.5. The van der Waals surface area contributed by atoms with Crippen LogP contribution in [0, 0.1) is 0 Å². The van der Waals surface area contributed by atoms with Crippen LogP contribution >= 0.6 is 0 Å². The van der Waals surface area contributed by atoms with E-state index in [1.165, 1.54) is 6.08 Å². The molecule has 0 atom stereocenters. The maximum absolute atomic E-state index is 12.8. The minimum absolute atomic E-state index is 0.558. The van der Waals surface area contributed by atoms with E-state index in [0.29, 0.717) is 5.56 Å². The van der Waals surface area contributed by atoms with E-state index >= 15 is 0 Å². The molecule has 1 heterocycles. The Kier molecular flexibility index (Phi) is 3.07. The van der Waals surface area contributed by atoms with E-state index in [4.69, 9.17) is 5.11 Å². The average Bonchev–Trinajstić information content (AvgIpc) is 2.83. The van der Waals surface area contributed by atoms with Crippen molar-refractivity contribution in [3.8, 4) is 5.69 Å². The maximum Gasteiger partial charge on any atom is 0.126 e. The number of hydrogen-bond acceptors (Lipinski definition) is 3. The number of aliphatic hydroxyl groups is 1. The van der Waals surface area contributed by atoms with Gasteiger partial charge in [-0.1, -0.05) is 12.1 Å². The Hall–Kier alpha value is -2.01. The predicted molar refractivity (Wildman–Crippen MR) is 57.5 cm³/mol. The molecule has 2 aromatic rings. The molecule has 0 aliphatic rings. The molecule has 0 saturated heterocycles. The quantitative estimate of drug-likeness (QED) is 0.852. The standard InChI is InChI=1S/C11H10FN3O/c12-10(6-16)5-9-1-3-11(4-2-9)15-7-13-14-8-15/h1-5,7-8,16H,6H2/b10-5-. The summed E-state index contributed by atoms with van der Waals surface area (Å²) in [7, 11) is 0. The van der Waals surface area contributed by atoms with Gasteiger partial charge in [0.05, 0.1) is 6.61 Å². The number of halogens is 1. The molecule has 0 fully saturated rings. The maximum atomic E-state index is 12.8. The lowest BCUT2D eigenvalue weighted by atomic mass is 10.2. The summed E-state index contributed by atoms with van der Waals surface area (Å²) in [4.78, 5) is 0. The Balaban J connectivity index is 2.23. The molecular formula is C11H10FN3O. The number of aliphatic hydroxyl groups excluding tert-OH is 1. The molecule has 2 rings (SSSR count). The molecule has 0 unspecified atom stereocenters. The van der Waals surface area contributed by atoms with Gasteiger partial charge in [0.2, 0.25) is 0 Å². The summed E-state index contributed by atoms with van der Waals surface area (Å²) in [6.07, 6.45) is 4.45. The molecule has 16 heavy (non-hydrogen) atoms. The zero-order chi connectivity index (χ0) is 11.4. The van der Waals surface area contributed by atoms with Crippen molar-refractivity contribution in [2.75, 3.05) is 6.61 Å². The van der Waals surface area contributed by atoms with Crippen LogP contribution in [-0.2, 0) is 0 Å². The van der Waals surface area contributed by atoms with Crippen molar-refractivity contribution in [3.63, 3.8) is 0 Å². The summed E-state index contributed by atoms with van der Waals surface area (Å²) in [5.41, 5.74) is 1.59. The number of rotatable bonds is 3. The molecule has 1 N–H and O–H groups in total. The largest absolute Gasteiger partial charge is 0.389 e. The van der Waals surface area contributed by atoms with Gasteiger partial charge in [-0.2, -0.15) is 0 Å². The van der Waals surface area contributed by atoms with Crippen LogP contribution in [0.3, 0.4) is 0 Å². The van der Waals surface area contributed by atoms with Crippen LogP contribution in [0.15, 0.2) is 42.7 Å². The molecular weight excluding hydrogens is 209 g/mol. The molecule has 4 nitrogen and oxygen atoms in total. The van der Waals surface area contributed by atoms with Crippen molar-refractivity contribution in [2.24, 2.45) is 0 Å². The van der Waals surface area contributed by atoms with Gasteiger partial charge in [-0.25, -0.2) is 4.39 Å². The molecule has 0 spiro atoms. The Morgan fingerprint density at radius 2 is 1.88 bits per heavy atom. The molecule has 1 aromatic carbocycles. The molecule has 5 heteroatoms. The second kappa shape index (κ2) is 4.67. The smallest absolute Gasteiger partial charge is 0.126 e. The second-order valence-electron chi connectivity index (χ2n) is 3.21. The monoisotopic (exact) mass is 219 g/mol. The average molecular weight is 219 g/mol. The van der Waals surface area contributed by atoms with Crippen molar-refractivity contribution in [1.29, 1.82) is 0 Å². The highest BCUT2D eigenvalue weighted by Crippen LogP contribution is 2.12. The highest BCUT2D eigenvalue weighted by Gasteiger charge is 1.97. The second-order valence-corrected chi connectivity index (χ2v) is 3.21.